The number of fused-ring (bicyclic) bond motifs is 1. The molecule has 1 fully saturated rings. The standard InChI is InChI=1S/C18H17NO4S2/c1-10-2-5-12(6-3-10)25(20,21)17-15(16(17)18(19)24)11-4-7-13-14(8-11)23-9-22-13/h2-8,15-17H,9H2,1H3,(H2,19,24)/t15-,16-,17-/m0/s1. The van der Waals surface area contributed by atoms with Gasteiger partial charge in [0.1, 0.15) is 0 Å². The van der Waals surface area contributed by atoms with Gasteiger partial charge in [0.05, 0.1) is 15.1 Å². The molecule has 2 aromatic carbocycles. The largest absolute Gasteiger partial charge is 0.454 e. The van der Waals surface area contributed by atoms with Gasteiger partial charge in [-0.1, -0.05) is 36.0 Å². The molecule has 3 atom stereocenters. The smallest absolute Gasteiger partial charge is 0.231 e. The van der Waals surface area contributed by atoms with Crippen LogP contribution in [0.15, 0.2) is 47.4 Å². The van der Waals surface area contributed by atoms with Gasteiger partial charge < -0.3 is 15.2 Å². The summed E-state index contributed by atoms with van der Waals surface area (Å²) in [5, 5.41) is -0.645. The second-order valence-corrected chi connectivity index (χ2v) is 8.97. The molecular formula is C18H17NO4S2. The van der Waals surface area contributed by atoms with Gasteiger partial charge in [0.15, 0.2) is 21.3 Å². The van der Waals surface area contributed by atoms with Crippen molar-refractivity contribution in [3.63, 3.8) is 0 Å². The minimum absolute atomic E-state index is 0.174. The lowest BCUT2D eigenvalue weighted by Gasteiger charge is -2.05. The highest BCUT2D eigenvalue weighted by molar-refractivity contribution is 7.92. The third kappa shape index (κ3) is 2.67. The van der Waals surface area contributed by atoms with E-state index in [0.29, 0.717) is 16.4 Å². The first-order chi connectivity index (χ1) is 11.9. The second-order valence-electron chi connectivity index (χ2n) is 6.39. The van der Waals surface area contributed by atoms with Crippen LogP contribution in [0.2, 0.25) is 0 Å². The van der Waals surface area contributed by atoms with Crippen LogP contribution in [0, 0.1) is 12.8 Å². The van der Waals surface area contributed by atoms with Gasteiger partial charge in [-0.15, -0.1) is 0 Å². The highest BCUT2D eigenvalue weighted by atomic mass is 32.2. The molecule has 1 aliphatic heterocycles. The van der Waals surface area contributed by atoms with E-state index in [9.17, 15) is 8.42 Å². The Bertz CT molecular complexity index is 954. The molecular weight excluding hydrogens is 358 g/mol. The monoisotopic (exact) mass is 375 g/mol. The van der Waals surface area contributed by atoms with Gasteiger partial charge in [-0.2, -0.15) is 0 Å². The molecule has 2 N–H and O–H groups in total. The summed E-state index contributed by atoms with van der Waals surface area (Å²) in [6, 6.07) is 12.3. The Morgan fingerprint density at radius 1 is 1.12 bits per heavy atom. The van der Waals surface area contributed by atoms with E-state index in [1.165, 1.54) is 0 Å². The summed E-state index contributed by atoms with van der Waals surface area (Å²) in [7, 11) is -3.53. The third-order valence-corrected chi connectivity index (χ3v) is 7.28. The molecule has 0 amide bonds. The molecule has 0 bridgehead atoms. The van der Waals surface area contributed by atoms with Crippen molar-refractivity contribution in [3.05, 3.63) is 53.6 Å². The van der Waals surface area contributed by atoms with E-state index in [-0.39, 0.29) is 23.6 Å². The van der Waals surface area contributed by atoms with Crippen molar-refractivity contribution in [1.29, 1.82) is 0 Å². The number of nitrogens with two attached hydrogens (primary N) is 1. The summed E-state index contributed by atoms with van der Waals surface area (Å²) in [5.74, 6) is 0.645. The molecule has 1 saturated carbocycles. The summed E-state index contributed by atoms with van der Waals surface area (Å²) < 4.78 is 36.8. The fourth-order valence-corrected chi connectivity index (χ4v) is 5.94. The number of hydrogen-bond acceptors (Lipinski definition) is 5. The average Bonchev–Trinajstić information content (AvgIpc) is 3.18. The summed E-state index contributed by atoms with van der Waals surface area (Å²) in [6.07, 6.45) is 0. The molecule has 1 aliphatic carbocycles. The predicted octanol–water partition coefficient (Wildman–Crippen LogP) is 2.57. The van der Waals surface area contributed by atoms with Crippen molar-refractivity contribution >= 4 is 27.0 Å². The van der Waals surface area contributed by atoms with Crippen molar-refractivity contribution in [2.45, 2.75) is 23.0 Å². The molecule has 0 spiro atoms. The summed E-state index contributed by atoms with van der Waals surface area (Å²) in [6.45, 7) is 2.09. The van der Waals surface area contributed by atoms with E-state index in [4.69, 9.17) is 27.4 Å². The molecule has 1 heterocycles. The molecule has 130 valence electrons. The number of hydrogen-bond donors (Lipinski definition) is 1. The maximum atomic E-state index is 13.1. The zero-order valence-electron chi connectivity index (χ0n) is 13.5. The van der Waals surface area contributed by atoms with Gasteiger partial charge in [-0.3, -0.25) is 0 Å². The molecule has 7 heteroatoms. The van der Waals surface area contributed by atoms with Crippen LogP contribution >= 0.6 is 12.2 Å². The average molecular weight is 375 g/mol. The molecule has 0 aromatic heterocycles. The number of ether oxygens (including phenoxy) is 2. The van der Waals surface area contributed by atoms with Crippen molar-refractivity contribution in [3.8, 4) is 11.5 Å². The number of sulfone groups is 1. The minimum atomic E-state index is -3.53. The van der Waals surface area contributed by atoms with Gasteiger partial charge in [0.2, 0.25) is 6.79 Å². The van der Waals surface area contributed by atoms with Gasteiger partial charge in [0.25, 0.3) is 0 Å². The van der Waals surface area contributed by atoms with E-state index >= 15 is 0 Å². The Hall–Kier alpha value is -2.12. The maximum absolute atomic E-state index is 13.1. The van der Waals surface area contributed by atoms with E-state index in [0.717, 1.165) is 11.1 Å². The van der Waals surface area contributed by atoms with Crippen LogP contribution in [-0.2, 0) is 9.84 Å². The highest BCUT2D eigenvalue weighted by Gasteiger charge is 2.60. The Kier molecular flexibility index (Phi) is 3.73. The normalized spacial score (nSPS) is 24.1. The summed E-state index contributed by atoms with van der Waals surface area (Å²) in [5.41, 5.74) is 7.70. The van der Waals surface area contributed by atoms with Crippen molar-refractivity contribution in [2.75, 3.05) is 6.79 Å². The first-order valence-corrected chi connectivity index (χ1v) is 9.84. The lowest BCUT2D eigenvalue weighted by Crippen LogP contribution is -2.17. The Balaban J connectivity index is 1.71. The number of aryl methyl sites for hydroxylation is 1. The van der Waals surface area contributed by atoms with Crippen molar-refractivity contribution < 1.29 is 17.9 Å². The first kappa shape index (κ1) is 16.4. The fraction of sp³-hybridized carbons (Fsp3) is 0.278. The third-order valence-electron chi connectivity index (χ3n) is 4.77. The molecule has 0 saturated heterocycles. The lowest BCUT2D eigenvalue weighted by atomic mass is 10.1. The molecule has 2 aliphatic rings. The summed E-state index contributed by atoms with van der Waals surface area (Å²) >= 11 is 5.13. The molecule has 0 unspecified atom stereocenters. The zero-order valence-corrected chi connectivity index (χ0v) is 15.1. The Morgan fingerprint density at radius 3 is 2.48 bits per heavy atom. The fourth-order valence-electron chi connectivity index (χ4n) is 3.41. The molecule has 25 heavy (non-hydrogen) atoms. The highest BCUT2D eigenvalue weighted by Crippen LogP contribution is 2.55. The van der Waals surface area contributed by atoms with Gasteiger partial charge in [-0.25, -0.2) is 8.42 Å². The van der Waals surface area contributed by atoms with Crippen LogP contribution < -0.4 is 15.2 Å². The quantitative estimate of drug-likeness (QED) is 0.828. The molecule has 4 rings (SSSR count). The van der Waals surface area contributed by atoms with Crippen LogP contribution in [-0.4, -0.2) is 25.4 Å². The van der Waals surface area contributed by atoms with Crippen molar-refractivity contribution in [1.82, 2.24) is 0 Å². The van der Waals surface area contributed by atoms with Crippen LogP contribution in [0.4, 0.5) is 0 Å². The van der Waals surface area contributed by atoms with Gasteiger partial charge in [0, 0.05) is 11.8 Å². The molecule has 5 nitrogen and oxygen atoms in total. The molecule has 2 aromatic rings. The SMILES string of the molecule is Cc1ccc(S(=O)(=O)[C@@H]2[C@@H](C(N)=S)[C@@H]2c2ccc3c(c2)OCO3)cc1. The predicted molar refractivity (Wildman–Crippen MR) is 97.7 cm³/mol. The van der Waals surface area contributed by atoms with Crippen LogP contribution in [0.1, 0.15) is 17.0 Å². The minimum Gasteiger partial charge on any atom is -0.454 e. The molecule has 0 radical (unpaired) electrons. The first-order valence-electron chi connectivity index (χ1n) is 7.89. The van der Waals surface area contributed by atoms with Gasteiger partial charge >= 0.3 is 0 Å². The summed E-state index contributed by atoms with van der Waals surface area (Å²) in [4.78, 5) is 0.524. The Morgan fingerprint density at radius 2 is 1.80 bits per heavy atom. The number of thiocarbonyl (C=S) groups is 1. The van der Waals surface area contributed by atoms with E-state index in [2.05, 4.69) is 0 Å². The second kappa shape index (κ2) is 5.71. The van der Waals surface area contributed by atoms with Crippen LogP contribution in [0.3, 0.4) is 0 Å². The zero-order chi connectivity index (χ0) is 17.8. The van der Waals surface area contributed by atoms with Gasteiger partial charge in [-0.05, 0) is 36.8 Å². The Labute approximate surface area is 151 Å². The lowest BCUT2D eigenvalue weighted by molar-refractivity contribution is 0.174. The number of benzene rings is 2. The maximum Gasteiger partial charge on any atom is 0.231 e. The van der Waals surface area contributed by atoms with Crippen LogP contribution in [0.5, 0.6) is 11.5 Å². The van der Waals surface area contributed by atoms with E-state index < -0.39 is 15.1 Å². The van der Waals surface area contributed by atoms with Crippen molar-refractivity contribution in [2.24, 2.45) is 11.7 Å². The number of rotatable bonds is 4. The van der Waals surface area contributed by atoms with Crippen LogP contribution in [0.25, 0.3) is 0 Å². The topological polar surface area (TPSA) is 78.6 Å². The van der Waals surface area contributed by atoms with E-state index in [1.807, 2.05) is 19.1 Å². The van der Waals surface area contributed by atoms with E-state index in [1.54, 1.807) is 30.3 Å².